The van der Waals surface area contributed by atoms with Gasteiger partial charge < -0.3 is 15.4 Å². The van der Waals surface area contributed by atoms with Crippen LogP contribution in [0.15, 0.2) is 53.0 Å². The van der Waals surface area contributed by atoms with Crippen LogP contribution in [0.4, 0.5) is 18.9 Å². The Bertz CT molecular complexity index is 783. The Labute approximate surface area is 155 Å². The first-order valence-electron chi connectivity index (χ1n) is 7.37. The Morgan fingerprint density at radius 2 is 1.73 bits per heavy atom. The van der Waals surface area contributed by atoms with Crippen molar-refractivity contribution >= 4 is 33.4 Å². The predicted octanol–water partition coefficient (Wildman–Crippen LogP) is 3.60. The van der Waals surface area contributed by atoms with E-state index in [1.54, 1.807) is 30.3 Å². The van der Waals surface area contributed by atoms with Gasteiger partial charge in [0.05, 0.1) is 12.1 Å². The number of para-hydroxylation sites is 1. The molecule has 2 aromatic carbocycles. The van der Waals surface area contributed by atoms with E-state index in [9.17, 15) is 22.8 Å². The molecule has 9 heteroatoms. The maximum absolute atomic E-state index is 12.8. The lowest BCUT2D eigenvalue weighted by Gasteiger charge is -2.12. The zero-order valence-corrected chi connectivity index (χ0v) is 14.9. The molecule has 0 aromatic heterocycles. The van der Waals surface area contributed by atoms with Gasteiger partial charge in [-0.25, -0.2) is 0 Å². The van der Waals surface area contributed by atoms with Crippen LogP contribution in [-0.4, -0.2) is 25.0 Å². The summed E-state index contributed by atoms with van der Waals surface area (Å²) < 4.78 is 43.6. The van der Waals surface area contributed by atoms with E-state index in [0.29, 0.717) is 5.75 Å². The monoisotopic (exact) mass is 430 g/mol. The van der Waals surface area contributed by atoms with Crippen LogP contribution in [0, 0.1) is 0 Å². The van der Waals surface area contributed by atoms with E-state index in [0.717, 1.165) is 6.07 Å². The highest BCUT2D eigenvalue weighted by Crippen LogP contribution is 2.36. The van der Waals surface area contributed by atoms with Crippen LogP contribution >= 0.6 is 15.9 Å². The fourth-order valence-electron chi connectivity index (χ4n) is 1.92. The second kappa shape index (κ2) is 8.70. The minimum atomic E-state index is -4.55. The Balaban J connectivity index is 1.82. The Morgan fingerprint density at radius 3 is 2.38 bits per heavy atom. The summed E-state index contributed by atoms with van der Waals surface area (Å²) in [6, 6.07) is 11.9. The number of ether oxygens (including phenoxy) is 1. The number of hydrogen-bond donors (Lipinski definition) is 2. The van der Waals surface area contributed by atoms with Crippen molar-refractivity contribution in [3.63, 3.8) is 0 Å². The molecule has 0 aliphatic heterocycles. The first-order chi connectivity index (χ1) is 12.3. The average molecular weight is 431 g/mol. The number of alkyl halides is 3. The number of benzene rings is 2. The number of halogens is 4. The number of carbonyl (C=O) groups is 2. The van der Waals surface area contributed by atoms with Gasteiger partial charge in [0.2, 0.25) is 5.91 Å². The summed E-state index contributed by atoms with van der Waals surface area (Å²) in [4.78, 5) is 23.4. The molecule has 0 atom stereocenters. The molecule has 0 fully saturated rings. The third kappa shape index (κ3) is 6.07. The first-order valence-corrected chi connectivity index (χ1v) is 8.16. The molecule has 0 spiro atoms. The van der Waals surface area contributed by atoms with E-state index in [-0.39, 0.29) is 16.8 Å². The Morgan fingerprint density at radius 1 is 1.04 bits per heavy atom. The fourth-order valence-corrected chi connectivity index (χ4v) is 2.39. The van der Waals surface area contributed by atoms with Crippen LogP contribution in [-0.2, 0) is 15.8 Å². The van der Waals surface area contributed by atoms with Gasteiger partial charge in [0.1, 0.15) is 5.75 Å². The molecule has 138 valence electrons. The van der Waals surface area contributed by atoms with E-state index in [1.807, 2.05) is 0 Å². The molecule has 26 heavy (non-hydrogen) atoms. The summed E-state index contributed by atoms with van der Waals surface area (Å²) in [5, 5.41) is 4.62. The summed E-state index contributed by atoms with van der Waals surface area (Å²) in [5.74, 6) is -0.689. The van der Waals surface area contributed by atoms with Crippen molar-refractivity contribution in [3.05, 3.63) is 58.6 Å². The minimum absolute atomic E-state index is 0.0275. The minimum Gasteiger partial charge on any atom is -0.484 e. The standard InChI is InChI=1S/C17H14BrF3N2O3/c18-14-7-6-11(8-13(14)17(19,20)21)23-15(24)9-22-16(25)10-26-12-4-2-1-3-5-12/h1-8H,9-10H2,(H,22,25)(H,23,24). The van der Waals surface area contributed by atoms with Crippen LogP contribution < -0.4 is 15.4 Å². The molecule has 0 saturated carbocycles. The van der Waals surface area contributed by atoms with Crippen molar-refractivity contribution in [2.75, 3.05) is 18.5 Å². The Kier molecular flexibility index (Phi) is 6.62. The average Bonchev–Trinajstić information content (AvgIpc) is 2.60. The van der Waals surface area contributed by atoms with Crippen LogP contribution in [0.1, 0.15) is 5.56 Å². The smallest absolute Gasteiger partial charge is 0.417 e. The third-order valence-electron chi connectivity index (χ3n) is 3.11. The normalized spacial score (nSPS) is 10.9. The van der Waals surface area contributed by atoms with Crippen molar-refractivity contribution in [1.29, 1.82) is 0 Å². The number of rotatable bonds is 6. The molecule has 0 unspecified atom stereocenters. The van der Waals surface area contributed by atoms with Gasteiger partial charge in [0.25, 0.3) is 5.91 Å². The summed E-state index contributed by atoms with van der Waals surface area (Å²) >= 11 is 2.82. The predicted molar refractivity (Wildman–Crippen MR) is 92.7 cm³/mol. The van der Waals surface area contributed by atoms with Gasteiger partial charge in [-0.05, 0) is 30.3 Å². The second-order valence-electron chi connectivity index (χ2n) is 5.12. The molecule has 0 aliphatic rings. The van der Waals surface area contributed by atoms with E-state index < -0.39 is 30.1 Å². The van der Waals surface area contributed by atoms with Crippen LogP contribution in [0.3, 0.4) is 0 Å². The molecule has 2 rings (SSSR count). The van der Waals surface area contributed by atoms with Gasteiger partial charge in [0.15, 0.2) is 6.61 Å². The van der Waals surface area contributed by atoms with Crippen LogP contribution in [0.2, 0.25) is 0 Å². The Hall–Kier alpha value is -2.55. The van der Waals surface area contributed by atoms with Gasteiger partial charge in [0, 0.05) is 10.2 Å². The molecule has 2 aromatic rings. The van der Waals surface area contributed by atoms with Crippen LogP contribution in [0.25, 0.3) is 0 Å². The zero-order valence-electron chi connectivity index (χ0n) is 13.3. The van der Waals surface area contributed by atoms with Crippen molar-refractivity contribution in [2.24, 2.45) is 0 Å². The lowest BCUT2D eigenvalue weighted by Crippen LogP contribution is -2.35. The summed E-state index contributed by atoms with van der Waals surface area (Å²) in [6.45, 7) is -0.678. The molecule has 0 aliphatic carbocycles. The van der Waals surface area contributed by atoms with Crippen molar-refractivity contribution in [2.45, 2.75) is 6.18 Å². The van der Waals surface area contributed by atoms with Gasteiger partial charge in [-0.3, -0.25) is 9.59 Å². The highest BCUT2D eigenvalue weighted by molar-refractivity contribution is 9.10. The first kappa shape index (κ1) is 19.8. The molecule has 2 N–H and O–H groups in total. The van der Waals surface area contributed by atoms with E-state index >= 15 is 0 Å². The molecule has 0 heterocycles. The van der Waals surface area contributed by atoms with Gasteiger partial charge in [-0.15, -0.1) is 0 Å². The van der Waals surface area contributed by atoms with E-state index in [4.69, 9.17) is 4.74 Å². The highest BCUT2D eigenvalue weighted by Gasteiger charge is 2.33. The lowest BCUT2D eigenvalue weighted by atomic mass is 10.2. The third-order valence-corrected chi connectivity index (χ3v) is 3.81. The highest BCUT2D eigenvalue weighted by atomic mass is 79.9. The maximum Gasteiger partial charge on any atom is 0.417 e. The molecular formula is C17H14BrF3N2O3. The number of amides is 2. The summed E-state index contributed by atoms with van der Waals surface area (Å²) in [7, 11) is 0. The lowest BCUT2D eigenvalue weighted by molar-refractivity contribution is -0.138. The van der Waals surface area contributed by atoms with E-state index in [1.165, 1.54) is 12.1 Å². The molecular weight excluding hydrogens is 417 g/mol. The van der Waals surface area contributed by atoms with Crippen LogP contribution in [0.5, 0.6) is 5.75 Å². The fraction of sp³-hybridized carbons (Fsp3) is 0.176. The van der Waals surface area contributed by atoms with E-state index in [2.05, 4.69) is 26.6 Å². The maximum atomic E-state index is 12.8. The molecule has 5 nitrogen and oxygen atoms in total. The number of anilines is 1. The van der Waals surface area contributed by atoms with Crippen molar-refractivity contribution in [1.82, 2.24) is 5.32 Å². The molecule has 2 amide bonds. The van der Waals surface area contributed by atoms with Gasteiger partial charge in [-0.2, -0.15) is 13.2 Å². The largest absolute Gasteiger partial charge is 0.484 e. The second-order valence-corrected chi connectivity index (χ2v) is 5.97. The van der Waals surface area contributed by atoms with Gasteiger partial charge in [-0.1, -0.05) is 34.1 Å². The zero-order chi connectivity index (χ0) is 19.2. The molecule has 0 radical (unpaired) electrons. The van der Waals surface area contributed by atoms with Gasteiger partial charge >= 0.3 is 6.18 Å². The quantitative estimate of drug-likeness (QED) is 0.735. The number of nitrogens with one attached hydrogen (secondary N) is 2. The summed E-state index contributed by atoms with van der Waals surface area (Å²) in [6.07, 6.45) is -4.55. The number of hydrogen-bond acceptors (Lipinski definition) is 3. The number of carbonyl (C=O) groups excluding carboxylic acids is 2. The topological polar surface area (TPSA) is 67.4 Å². The SMILES string of the molecule is O=C(COc1ccccc1)NCC(=O)Nc1ccc(Br)c(C(F)(F)F)c1. The van der Waals surface area contributed by atoms with Crippen molar-refractivity contribution < 1.29 is 27.5 Å². The molecule has 0 saturated heterocycles. The van der Waals surface area contributed by atoms with Crippen molar-refractivity contribution in [3.8, 4) is 5.75 Å². The summed E-state index contributed by atoms with van der Waals surface area (Å²) in [5.41, 5.74) is -0.934. The molecule has 0 bridgehead atoms.